The monoisotopic (exact) mass is 264 g/mol. The van der Waals surface area contributed by atoms with Gasteiger partial charge in [-0.3, -0.25) is 0 Å². The second kappa shape index (κ2) is 6.04. The summed E-state index contributed by atoms with van der Waals surface area (Å²) in [6.07, 6.45) is 2.35. The molecular formula is C13H24N6. The van der Waals surface area contributed by atoms with Gasteiger partial charge in [0.2, 0.25) is 17.8 Å². The van der Waals surface area contributed by atoms with Crippen molar-refractivity contribution in [1.29, 1.82) is 0 Å². The van der Waals surface area contributed by atoms with E-state index in [0.717, 1.165) is 31.3 Å². The molecule has 0 bridgehead atoms. The largest absolute Gasteiger partial charge is 0.354 e. The second-order valence-electron chi connectivity index (χ2n) is 5.46. The SMILES string of the molecule is CCCNc1nc(NCC2CC2C)nc(N(C)C)n1. The molecule has 6 nitrogen and oxygen atoms in total. The predicted molar refractivity (Wildman–Crippen MR) is 78.7 cm³/mol. The molecule has 19 heavy (non-hydrogen) atoms. The summed E-state index contributed by atoms with van der Waals surface area (Å²) in [5.74, 6) is 3.59. The molecule has 0 saturated heterocycles. The highest BCUT2D eigenvalue weighted by molar-refractivity contribution is 5.43. The Morgan fingerprint density at radius 1 is 1.16 bits per heavy atom. The maximum atomic E-state index is 4.42. The molecular weight excluding hydrogens is 240 g/mol. The Balaban J connectivity index is 2.04. The van der Waals surface area contributed by atoms with Crippen LogP contribution in [0.3, 0.4) is 0 Å². The summed E-state index contributed by atoms with van der Waals surface area (Å²) in [4.78, 5) is 15.1. The number of aromatic nitrogens is 3. The first kappa shape index (κ1) is 13.8. The Kier molecular flexibility index (Phi) is 4.39. The van der Waals surface area contributed by atoms with Crippen molar-refractivity contribution in [3.05, 3.63) is 0 Å². The molecule has 1 aliphatic carbocycles. The Morgan fingerprint density at radius 3 is 2.32 bits per heavy atom. The molecule has 0 aromatic carbocycles. The minimum atomic E-state index is 0.645. The van der Waals surface area contributed by atoms with Crippen molar-refractivity contribution in [2.24, 2.45) is 11.8 Å². The number of hydrogen-bond donors (Lipinski definition) is 2. The number of rotatable bonds is 7. The van der Waals surface area contributed by atoms with E-state index in [1.165, 1.54) is 6.42 Å². The zero-order chi connectivity index (χ0) is 13.8. The summed E-state index contributed by atoms with van der Waals surface area (Å²) in [7, 11) is 3.87. The molecule has 0 amide bonds. The quantitative estimate of drug-likeness (QED) is 0.783. The number of nitrogens with one attached hydrogen (secondary N) is 2. The Hall–Kier alpha value is -1.59. The van der Waals surface area contributed by atoms with Crippen molar-refractivity contribution in [3.63, 3.8) is 0 Å². The standard InChI is InChI=1S/C13H24N6/c1-5-6-14-11-16-12(15-8-10-7-9(10)2)18-13(17-11)19(3)4/h9-10H,5-8H2,1-4H3,(H2,14,15,16,17,18). The third-order valence-electron chi connectivity index (χ3n) is 3.36. The molecule has 1 aromatic heterocycles. The van der Waals surface area contributed by atoms with E-state index >= 15 is 0 Å². The molecule has 1 fully saturated rings. The van der Waals surface area contributed by atoms with E-state index in [2.05, 4.69) is 39.4 Å². The van der Waals surface area contributed by atoms with E-state index in [1.54, 1.807) is 0 Å². The molecule has 1 heterocycles. The normalized spacial score (nSPS) is 21.1. The van der Waals surface area contributed by atoms with Crippen LogP contribution >= 0.6 is 0 Å². The van der Waals surface area contributed by atoms with Gasteiger partial charge < -0.3 is 15.5 Å². The lowest BCUT2D eigenvalue weighted by Crippen LogP contribution is -2.18. The van der Waals surface area contributed by atoms with Crippen LogP contribution in [0.25, 0.3) is 0 Å². The van der Waals surface area contributed by atoms with Crippen molar-refractivity contribution >= 4 is 17.8 Å². The van der Waals surface area contributed by atoms with Gasteiger partial charge in [-0.15, -0.1) is 0 Å². The molecule has 2 atom stereocenters. The third kappa shape index (κ3) is 3.94. The number of nitrogens with zero attached hydrogens (tertiary/aromatic N) is 4. The van der Waals surface area contributed by atoms with Gasteiger partial charge in [0.25, 0.3) is 0 Å². The van der Waals surface area contributed by atoms with Gasteiger partial charge in [0.05, 0.1) is 0 Å². The average Bonchev–Trinajstić information content (AvgIpc) is 3.09. The van der Waals surface area contributed by atoms with Gasteiger partial charge in [0.1, 0.15) is 0 Å². The van der Waals surface area contributed by atoms with Gasteiger partial charge in [0, 0.05) is 27.2 Å². The molecule has 2 rings (SSSR count). The highest BCUT2D eigenvalue weighted by Crippen LogP contribution is 2.37. The fraction of sp³-hybridized carbons (Fsp3) is 0.769. The third-order valence-corrected chi connectivity index (χ3v) is 3.36. The van der Waals surface area contributed by atoms with Crippen LogP contribution in [0.5, 0.6) is 0 Å². The summed E-state index contributed by atoms with van der Waals surface area (Å²) in [6.45, 7) is 6.22. The highest BCUT2D eigenvalue weighted by atomic mass is 15.3. The van der Waals surface area contributed by atoms with Gasteiger partial charge in [-0.05, 0) is 24.7 Å². The van der Waals surface area contributed by atoms with Gasteiger partial charge in [-0.2, -0.15) is 15.0 Å². The van der Waals surface area contributed by atoms with Crippen molar-refractivity contribution in [2.75, 3.05) is 42.7 Å². The first-order valence-corrected chi connectivity index (χ1v) is 7.01. The van der Waals surface area contributed by atoms with Crippen molar-refractivity contribution in [1.82, 2.24) is 15.0 Å². The molecule has 1 aromatic rings. The van der Waals surface area contributed by atoms with Crippen LogP contribution in [0, 0.1) is 11.8 Å². The van der Waals surface area contributed by atoms with Crippen LogP contribution in [0.1, 0.15) is 26.7 Å². The van der Waals surface area contributed by atoms with Gasteiger partial charge in [0.15, 0.2) is 0 Å². The summed E-state index contributed by atoms with van der Waals surface area (Å²) < 4.78 is 0. The van der Waals surface area contributed by atoms with Crippen LogP contribution in [-0.4, -0.2) is 42.1 Å². The van der Waals surface area contributed by atoms with E-state index in [9.17, 15) is 0 Å². The molecule has 6 heteroatoms. The van der Waals surface area contributed by atoms with Crippen LogP contribution < -0.4 is 15.5 Å². The minimum absolute atomic E-state index is 0.645. The topological polar surface area (TPSA) is 66.0 Å². The van der Waals surface area contributed by atoms with Crippen LogP contribution in [-0.2, 0) is 0 Å². The smallest absolute Gasteiger partial charge is 0.231 e. The van der Waals surface area contributed by atoms with E-state index in [0.29, 0.717) is 17.8 Å². The summed E-state index contributed by atoms with van der Waals surface area (Å²) in [5, 5.41) is 6.53. The van der Waals surface area contributed by atoms with E-state index < -0.39 is 0 Å². The summed E-state index contributed by atoms with van der Waals surface area (Å²) >= 11 is 0. The lowest BCUT2D eigenvalue weighted by Gasteiger charge is -2.14. The van der Waals surface area contributed by atoms with Crippen molar-refractivity contribution in [3.8, 4) is 0 Å². The predicted octanol–water partition coefficient (Wildman–Crippen LogP) is 1.83. The zero-order valence-electron chi connectivity index (χ0n) is 12.3. The lowest BCUT2D eigenvalue weighted by atomic mass is 10.3. The van der Waals surface area contributed by atoms with E-state index in [-0.39, 0.29) is 0 Å². The number of hydrogen-bond acceptors (Lipinski definition) is 6. The molecule has 0 aliphatic heterocycles. The number of anilines is 3. The molecule has 0 radical (unpaired) electrons. The Labute approximate surface area is 115 Å². The average molecular weight is 264 g/mol. The molecule has 106 valence electrons. The molecule has 2 N–H and O–H groups in total. The summed E-state index contributed by atoms with van der Waals surface area (Å²) in [6, 6.07) is 0. The van der Waals surface area contributed by atoms with E-state index in [4.69, 9.17) is 0 Å². The lowest BCUT2D eigenvalue weighted by molar-refractivity contribution is 0.778. The van der Waals surface area contributed by atoms with Gasteiger partial charge >= 0.3 is 0 Å². The Bertz CT molecular complexity index is 420. The maximum absolute atomic E-state index is 4.42. The highest BCUT2D eigenvalue weighted by Gasteiger charge is 2.32. The van der Waals surface area contributed by atoms with Gasteiger partial charge in [-0.1, -0.05) is 13.8 Å². The summed E-state index contributed by atoms with van der Waals surface area (Å²) in [5.41, 5.74) is 0. The van der Waals surface area contributed by atoms with Crippen LogP contribution in [0.4, 0.5) is 17.8 Å². The Morgan fingerprint density at radius 2 is 1.79 bits per heavy atom. The molecule has 1 saturated carbocycles. The second-order valence-corrected chi connectivity index (χ2v) is 5.46. The van der Waals surface area contributed by atoms with Crippen LogP contribution in [0.2, 0.25) is 0 Å². The van der Waals surface area contributed by atoms with Crippen LogP contribution in [0.15, 0.2) is 0 Å². The molecule has 0 spiro atoms. The van der Waals surface area contributed by atoms with Crippen molar-refractivity contribution in [2.45, 2.75) is 26.7 Å². The van der Waals surface area contributed by atoms with Gasteiger partial charge in [-0.25, -0.2) is 0 Å². The first-order chi connectivity index (χ1) is 9.10. The molecule has 1 aliphatic rings. The zero-order valence-corrected chi connectivity index (χ0v) is 12.3. The van der Waals surface area contributed by atoms with Crippen molar-refractivity contribution < 1.29 is 0 Å². The first-order valence-electron chi connectivity index (χ1n) is 7.01. The fourth-order valence-corrected chi connectivity index (χ4v) is 1.87. The fourth-order valence-electron chi connectivity index (χ4n) is 1.87. The molecule has 2 unspecified atom stereocenters. The minimum Gasteiger partial charge on any atom is -0.354 e. The van der Waals surface area contributed by atoms with E-state index in [1.807, 2.05) is 19.0 Å². The maximum Gasteiger partial charge on any atom is 0.231 e.